The molecule has 0 fully saturated rings. The summed E-state index contributed by atoms with van der Waals surface area (Å²) >= 11 is 0. The number of rotatable bonds is 7. The minimum Gasteiger partial charge on any atom is -0.494 e. The molecule has 2 N–H and O–H groups in total. The average molecular weight is 316 g/mol. The molecule has 0 radical (unpaired) electrons. The van der Waals surface area contributed by atoms with Gasteiger partial charge in [0, 0.05) is 18.7 Å². The monoisotopic (exact) mass is 316 g/mol. The van der Waals surface area contributed by atoms with Crippen molar-refractivity contribution in [3.05, 3.63) is 65.0 Å². The number of carbonyl (C=O) groups excluding carboxylic acids is 1. The number of amides is 1. The van der Waals surface area contributed by atoms with Gasteiger partial charge < -0.3 is 10.5 Å². The quantitative estimate of drug-likeness (QED) is 0.854. The molecular formula is C18H21FN2O2. The first-order chi connectivity index (χ1) is 11.0. The third-order valence-corrected chi connectivity index (χ3v) is 3.71. The molecule has 2 aromatic carbocycles. The van der Waals surface area contributed by atoms with Crippen LogP contribution in [-0.4, -0.2) is 24.5 Å². The second-order valence-electron chi connectivity index (χ2n) is 5.33. The van der Waals surface area contributed by atoms with Crippen LogP contribution in [0.5, 0.6) is 5.75 Å². The number of carbonyl (C=O) groups is 1. The fourth-order valence-electron chi connectivity index (χ4n) is 2.38. The summed E-state index contributed by atoms with van der Waals surface area (Å²) in [6.07, 6.45) is 0. The van der Waals surface area contributed by atoms with Crippen LogP contribution in [0.1, 0.15) is 28.4 Å². The van der Waals surface area contributed by atoms with Crippen LogP contribution in [0.4, 0.5) is 4.39 Å². The van der Waals surface area contributed by atoms with Crippen LogP contribution in [0.15, 0.2) is 42.5 Å². The van der Waals surface area contributed by atoms with Crippen molar-refractivity contribution in [2.24, 2.45) is 5.73 Å². The number of ether oxygens (including phenoxy) is 1. The van der Waals surface area contributed by atoms with E-state index in [0.29, 0.717) is 18.7 Å². The molecule has 0 atom stereocenters. The van der Waals surface area contributed by atoms with Crippen LogP contribution >= 0.6 is 0 Å². The predicted molar refractivity (Wildman–Crippen MR) is 87.7 cm³/mol. The molecule has 0 unspecified atom stereocenters. The highest BCUT2D eigenvalue weighted by Crippen LogP contribution is 2.19. The summed E-state index contributed by atoms with van der Waals surface area (Å²) in [6.45, 7) is 4.22. The third-order valence-electron chi connectivity index (χ3n) is 3.71. The highest BCUT2D eigenvalue weighted by molar-refractivity contribution is 5.92. The van der Waals surface area contributed by atoms with Crippen molar-refractivity contribution in [1.82, 2.24) is 4.90 Å². The Bertz CT molecular complexity index is 671. The first-order valence-electron chi connectivity index (χ1n) is 7.47. The smallest absolute Gasteiger partial charge is 0.248 e. The Morgan fingerprint density at radius 2 is 1.74 bits per heavy atom. The van der Waals surface area contributed by atoms with Crippen LogP contribution in [0.2, 0.25) is 0 Å². The highest BCUT2D eigenvalue weighted by Gasteiger charge is 2.09. The lowest BCUT2D eigenvalue weighted by Gasteiger charge is -2.21. The summed E-state index contributed by atoms with van der Waals surface area (Å²) in [6, 6.07) is 12.2. The van der Waals surface area contributed by atoms with Crippen molar-refractivity contribution in [3.8, 4) is 5.75 Å². The van der Waals surface area contributed by atoms with E-state index in [1.165, 1.54) is 13.2 Å². The molecule has 0 aromatic heterocycles. The molecule has 0 spiro atoms. The Balaban J connectivity index is 2.05. The van der Waals surface area contributed by atoms with Crippen LogP contribution in [-0.2, 0) is 13.1 Å². The first-order valence-corrected chi connectivity index (χ1v) is 7.47. The van der Waals surface area contributed by atoms with E-state index in [-0.39, 0.29) is 11.6 Å². The first kappa shape index (κ1) is 17.0. The van der Waals surface area contributed by atoms with Crippen molar-refractivity contribution in [3.63, 3.8) is 0 Å². The fraction of sp³-hybridized carbons (Fsp3) is 0.278. The van der Waals surface area contributed by atoms with E-state index in [2.05, 4.69) is 11.8 Å². The molecule has 23 heavy (non-hydrogen) atoms. The van der Waals surface area contributed by atoms with Gasteiger partial charge in [0.1, 0.15) is 0 Å². The highest BCUT2D eigenvalue weighted by atomic mass is 19.1. The fourth-order valence-corrected chi connectivity index (χ4v) is 2.38. The topological polar surface area (TPSA) is 55.6 Å². The molecule has 0 aliphatic heterocycles. The molecule has 5 heteroatoms. The molecule has 0 heterocycles. The molecule has 0 saturated carbocycles. The van der Waals surface area contributed by atoms with E-state index in [0.717, 1.165) is 17.7 Å². The summed E-state index contributed by atoms with van der Waals surface area (Å²) in [7, 11) is 1.45. The summed E-state index contributed by atoms with van der Waals surface area (Å²) in [5.74, 6) is -0.539. The number of methoxy groups -OCH3 is 1. The lowest BCUT2D eigenvalue weighted by atomic mass is 10.1. The van der Waals surface area contributed by atoms with E-state index in [9.17, 15) is 9.18 Å². The maximum atomic E-state index is 13.8. The molecule has 2 aromatic rings. The molecule has 0 aliphatic carbocycles. The Kier molecular flexibility index (Phi) is 5.71. The maximum absolute atomic E-state index is 13.8. The van der Waals surface area contributed by atoms with Gasteiger partial charge in [0.15, 0.2) is 11.6 Å². The van der Waals surface area contributed by atoms with Crippen LogP contribution < -0.4 is 10.5 Å². The molecule has 0 aliphatic rings. The van der Waals surface area contributed by atoms with E-state index in [4.69, 9.17) is 10.5 Å². The Labute approximate surface area is 135 Å². The summed E-state index contributed by atoms with van der Waals surface area (Å²) < 4.78 is 18.7. The van der Waals surface area contributed by atoms with Gasteiger partial charge in [-0.15, -0.1) is 0 Å². The molecule has 0 bridgehead atoms. The van der Waals surface area contributed by atoms with Gasteiger partial charge in [-0.2, -0.15) is 0 Å². The Hall–Kier alpha value is -2.40. The van der Waals surface area contributed by atoms with Gasteiger partial charge >= 0.3 is 0 Å². The normalized spacial score (nSPS) is 10.8. The third kappa shape index (κ3) is 4.53. The van der Waals surface area contributed by atoms with E-state index in [1.54, 1.807) is 18.2 Å². The minimum atomic E-state index is -0.433. The van der Waals surface area contributed by atoms with Gasteiger partial charge in [0.2, 0.25) is 5.91 Å². The molecule has 2 rings (SSSR count). The second kappa shape index (κ2) is 7.74. The van der Waals surface area contributed by atoms with Crippen molar-refractivity contribution in [1.29, 1.82) is 0 Å². The predicted octanol–water partition coefficient (Wildman–Crippen LogP) is 2.96. The zero-order chi connectivity index (χ0) is 16.8. The number of hydrogen-bond acceptors (Lipinski definition) is 3. The van der Waals surface area contributed by atoms with Crippen molar-refractivity contribution >= 4 is 5.91 Å². The Morgan fingerprint density at radius 3 is 2.26 bits per heavy atom. The van der Waals surface area contributed by atoms with Gasteiger partial charge in [0.25, 0.3) is 0 Å². The number of hydrogen-bond donors (Lipinski definition) is 1. The molecule has 122 valence electrons. The van der Waals surface area contributed by atoms with E-state index >= 15 is 0 Å². The second-order valence-corrected chi connectivity index (χ2v) is 5.33. The minimum absolute atomic E-state index is 0.249. The van der Waals surface area contributed by atoms with Gasteiger partial charge in [-0.1, -0.05) is 25.1 Å². The number of halogens is 1. The number of nitrogens with zero attached hydrogens (tertiary/aromatic N) is 1. The largest absolute Gasteiger partial charge is 0.494 e. The molecular weight excluding hydrogens is 295 g/mol. The van der Waals surface area contributed by atoms with Crippen molar-refractivity contribution in [2.75, 3.05) is 13.7 Å². The summed E-state index contributed by atoms with van der Waals surface area (Å²) in [5.41, 5.74) is 7.69. The number of benzene rings is 2. The molecule has 1 amide bonds. The zero-order valence-electron chi connectivity index (χ0n) is 13.4. The van der Waals surface area contributed by atoms with Gasteiger partial charge in [-0.25, -0.2) is 4.39 Å². The Morgan fingerprint density at radius 1 is 1.13 bits per heavy atom. The van der Waals surface area contributed by atoms with Crippen LogP contribution in [0, 0.1) is 5.82 Å². The lowest BCUT2D eigenvalue weighted by molar-refractivity contribution is 0.100. The van der Waals surface area contributed by atoms with Gasteiger partial charge in [-0.3, -0.25) is 9.69 Å². The van der Waals surface area contributed by atoms with E-state index < -0.39 is 5.91 Å². The molecule has 0 saturated heterocycles. The average Bonchev–Trinajstić information content (AvgIpc) is 2.55. The number of primary amides is 1. The number of nitrogens with two attached hydrogens (primary N) is 1. The van der Waals surface area contributed by atoms with Gasteiger partial charge in [-0.05, 0) is 41.9 Å². The summed E-state index contributed by atoms with van der Waals surface area (Å²) in [5, 5.41) is 0. The maximum Gasteiger partial charge on any atom is 0.248 e. The van der Waals surface area contributed by atoms with Crippen molar-refractivity contribution in [2.45, 2.75) is 20.0 Å². The lowest BCUT2D eigenvalue weighted by Crippen LogP contribution is -2.22. The van der Waals surface area contributed by atoms with E-state index in [1.807, 2.05) is 18.2 Å². The standard InChI is InChI=1S/C18H21FN2O2/c1-3-21(11-13-4-7-15(8-5-13)18(20)22)12-14-6-9-17(23-2)16(19)10-14/h4-10H,3,11-12H2,1-2H3,(H2,20,22). The van der Waals surface area contributed by atoms with Gasteiger partial charge in [0.05, 0.1) is 7.11 Å². The zero-order valence-corrected chi connectivity index (χ0v) is 13.4. The summed E-state index contributed by atoms with van der Waals surface area (Å²) in [4.78, 5) is 13.3. The van der Waals surface area contributed by atoms with Crippen LogP contribution in [0.3, 0.4) is 0 Å². The van der Waals surface area contributed by atoms with Crippen molar-refractivity contribution < 1.29 is 13.9 Å². The van der Waals surface area contributed by atoms with Crippen LogP contribution in [0.25, 0.3) is 0 Å². The molecule has 4 nitrogen and oxygen atoms in total. The SMILES string of the molecule is CCN(Cc1ccc(C(N)=O)cc1)Cc1ccc(OC)c(F)c1.